The molecule has 0 spiro atoms. The van der Waals surface area contributed by atoms with E-state index in [4.69, 9.17) is 5.73 Å². The van der Waals surface area contributed by atoms with Crippen molar-refractivity contribution in [2.24, 2.45) is 5.73 Å². The van der Waals surface area contributed by atoms with Crippen LogP contribution >= 0.6 is 0 Å². The Morgan fingerprint density at radius 1 is 1.31 bits per heavy atom. The Hall–Kier alpha value is -0.0900. The van der Waals surface area contributed by atoms with Gasteiger partial charge in [-0.05, 0) is 40.5 Å². The third kappa shape index (κ3) is 4.62. The summed E-state index contributed by atoms with van der Waals surface area (Å²) in [5.41, 5.74) is 5.54. The molecule has 0 heterocycles. The first-order valence-electron chi connectivity index (χ1n) is 4.65. The van der Waals surface area contributed by atoms with E-state index < -0.39 is 14.6 Å². The van der Waals surface area contributed by atoms with Crippen molar-refractivity contribution in [3.63, 3.8) is 0 Å². The van der Waals surface area contributed by atoms with Crippen molar-refractivity contribution in [2.45, 2.75) is 51.3 Å². The van der Waals surface area contributed by atoms with E-state index >= 15 is 0 Å². The van der Waals surface area contributed by atoms with Gasteiger partial charge in [-0.25, -0.2) is 8.42 Å². The van der Waals surface area contributed by atoms with Crippen molar-refractivity contribution in [1.82, 2.24) is 0 Å². The number of hydrogen-bond donors (Lipinski definition) is 1. The van der Waals surface area contributed by atoms with E-state index in [1.807, 2.05) is 6.92 Å². The Balaban J connectivity index is 4.07. The predicted molar refractivity (Wildman–Crippen MR) is 56.4 cm³/mol. The van der Waals surface area contributed by atoms with Gasteiger partial charge in [0.05, 0.1) is 10.5 Å². The summed E-state index contributed by atoms with van der Waals surface area (Å²) in [6.07, 6.45) is 1.44. The van der Waals surface area contributed by atoms with Gasteiger partial charge in [0, 0.05) is 6.04 Å². The van der Waals surface area contributed by atoms with Gasteiger partial charge in [0.2, 0.25) is 0 Å². The minimum atomic E-state index is -2.95. The Morgan fingerprint density at radius 3 is 2.08 bits per heavy atom. The molecule has 0 aromatic rings. The predicted octanol–water partition coefficient (Wildman–Crippen LogP) is 1.33. The fourth-order valence-electron chi connectivity index (χ4n) is 0.902. The van der Waals surface area contributed by atoms with Crippen LogP contribution in [0.5, 0.6) is 0 Å². The zero-order valence-corrected chi connectivity index (χ0v) is 9.82. The lowest BCUT2D eigenvalue weighted by atomic mass is 10.2. The van der Waals surface area contributed by atoms with E-state index in [1.54, 1.807) is 20.8 Å². The summed E-state index contributed by atoms with van der Waals surface area (Å²) in [5.74, 6) is 0.248. The molecule has 0 bridgehead atoms. The second-order valence-electron chi connectivity index (χ2n) is 4.55. The third-order valence-corrected chi connectivity index (χ3v) is 4.70. The fraction of sp³-hybridized carbons (Fsp3) is 1.00. The van der Waals surface area contributed by atoms with Gasteiger partial charge in [-0.15, -0.1) is 0 Å². The van der Waals surface area contributed by atoms with Crippen molar-refractivity contribution in [1.29, 1.82) is 0 Å². The Labute approximate surface area is 81.6 Å². The number of rotatable bonds is 4. The van der Waals surface area contributed by atoms with Crippen LogP contribution in [0.15, 0.2) is 0 Å². The van der Waals surface area contributed by atoms with Crippen molar-refractivity contribution in [2.75, 3.05) is 5.75 Å². The molecular weight excluding hydrogens is 186 g/mol. The highest BCUT2D eigenvalue weighted by molar-refractivity contribution is 7.92. The lowest BCUT2D eigenvalue weighted by molar-refractivity contribution is 0.552. The standard InChI is InChI=1S/C9H21NO2S/c1-8(10)6-5-7-13(11,12)9(2,3)4/h8H,5-7,10H2,1-4H3. The number of hydrogen-bond acceptors (Lipinski definition) is 3. The lowest BCUT2D eigenvalue weighted by Crippen LogP contribution is -2.31. The minimum absolute atomic E-state index is 0.0927. The monoisotopic (exact) mass is 207 g/mol. The summed E-state index contributed by atoms with van der Waals surface area (Å²) < 4.78 is 22.6. The molecule has 80 valence electrons. The number of nitrogens with two attached hydrogens (primary N) is 1. The molecule has 0 aliphatic heterocycles. The maximum Gasteiger partial charge on any atom is 0.155 e. The van der Waals surface area contributed by atoms with Crippen LogP contribution in [-0.4, -0.2) is 25.0 Å². The van der Waals surface area contributed by atoms with Crippen LogP contribution in [0, 0.1) is 0 Å². The normalized spacial score (nSPS) is 15.8. The Bertz CT molecular complexity index is 237. The van der Waals surface area contributed by atoms with Gasteiger partial charge in [-0.1, -0.05) is 0 Å². The molecule has 0 aromatic heterocycles. The summed E-state index contributed by atoms with van der Waals surface area (Å²) in [5, 5.41) is 0. The highest BCUT2D eigenvalue weighted by Gasteiger charge is 2.27. The Kier molecular flexibility index (Phi) is 4.39. The first-order valence-corrected chi connectivity index (χ1v) is 6.30. The van der Waals surface area contributed by atoms with Gasteiger partial charge < -0.3 is 5.73 Å². The largest absolute Gasteiger partial charge is 0.328 e. The van der Waals surface area contributed by atoms with E-state index in [0.717, 1.165) is 6.42 Å². The minimum Gasteiger partial charge on any atom is -0.328 e. The molecule has 0 saturated heterocycles. The van der Waals surface area contributed by atoms with Crippen molar-refractivity contribution in [3.05, 3.63) is 0 Å². The van der Waals surface area contributed by atoms with E-state index in [9.17, 15) is 8.42 Å². The molecule has 13 heavy (non-hydrogen) atoms. The first-order chi connectivity index (χ1) is 5.67. The molecule has 1 unspecified atom stereocenters. The maximum atomic E-state index is 11.6. The van der Waals surface area contributed by atoms with Gasteiger partial charge in [-0.2, -0.15) is 0 Å². The highest BCUT2D eigenvalue weighted by atomic mass is 32.2. The van der Waals surface area contributed by atoms with Crippen molar-refractivity contribution < 1.29 is 8.42 Å². The molecule has 0 aliphatic rings. The fourth-order valence-corrected chi connectivity index (χ4v) is 2.06. The molecule has 0 aromatic carbocycles. The average Bonchev–Trinajstić information content (AvgIpc) is 1.82. The van der Waals surface area contributed by atoms with E-state index in [0.29, 0.717) is 6.42 Å². The van der Waals surface area contributed by atoms with Crippen LogP contribution in [0.4, 0.5) is 0 Å². The molecule has 1 atom stereocenters. The smallest absolute Gasteiger partial charge is 0.155 e. The molecule has 0 fully saturated rings. The lowest BCUT2D eigenvalue weighted by Gasteiger charge is -2.19. The molecule has 0 rings (SSSR count). The third-order valence-electron chi connectivity index (χ3n) is 2.01. The van der Waals surface area contributed by atoms with Crippen LogP contribution in [0.25, 0.3) is 0 Å². The second kappa shape index (κ2) is 4.42. The summed E-state index contributed by atoms with van der Waals surface area (Å²) in [6, 6.07) is 0.0927. The highest BCUT2D eigenvalue weighted by Crippen LogP contribution is 2.17. The van der Waals surface area contributed by atoms with Crippen LogP contribution in [-0.2, 0) is 9.84 Å². The first kappa shape index (κ1) is 12.9. The molecule has 3 nitrogen and oxygen atoms in total. The van der Waals surface area contributed by atoms with E-state index in [-0.39, 0.29) is 11.8 Å². The molecular formula is C9H21NO2S. The molecule has 4 heteroatoms. The molecule has 0 aliphatic carbocycles. The van der Waals surface area contributed by atoms with Gasteiger partial charge in [0.15, 0.2) is 9.84 Å². The van der Waals surface area contributed by atoms with Gasteiger partial charge in [0.25, 0.3) is 0 Å². The maximum absolute atomic E-state index is 11.6. The van der Waals surface area contributed by atoms with E-state index in [1.165, 1.54) is 0 Å². The van der Waals surface area contributed by atoms with Crippen LogP contribution in [0.3, 0.4) is 0 Å². The average molecular weight is 207 g/mol. The summed E-state index contributed by atoms with van der Waals surface area (Å²) in [4.78, 5) is 0. The summed E-state index contributed by atoms with van der Waals surface area (Å²) in [7, 11) is -2.95. The van der Waals surface area contributed by atoms with Crippen LogP contribution in [0.1, 0.15) is 40.5 Å². The van der Waals surface area contributed by atoms with Gasteiger partial charge in [-0.3, -0.25) is 0 Å². The van der Waals surface area contributed by atoms with Crippen LogP contribution < -0.4 is 5.73 Å². The quantitative estimate of drug-likeness (QED) is 0.756. The van der Waals surface area contributed by atoms with Gasteiger partial charge in [0.1, 0.15) is 0 Å². The molecule has 2 N–H and O–H groups in total. The Morgan fingerprint density at radius 2 is 1.77 bits per heavy atom. The summed E-state index contributed by atoms with van der Waals surface area (Å²) >= 11 is 0. The van der Waals surface area contributed by atoms with Gasteiger partial charge >= 0.3 is 0 Å². The topological polar surface area (TPSA) is 60.2 Å². The molecule has 0 saturated carbocycles. The van der Waals surface area contributed by atoms with E-state index in [2.05, 4.69) is 0 Å². The summed E-state index contributed by atoms with van der Waals surface area (Å²) in [6.45, 7) is 7.08. The van der Waals surface area contributed by atoms with Crippen LogP contribution in [0.2, 0.25) is 0 Å². The SMILES string of the molecule is CC(N)CCCS(=O)(=O)C(C)(C)C. The van der Waals surface area contributed by atoms with Crippen molar-refractivity contribution in [3.8, 4) is 0 Å². The zero-order chi connectivity index (χ0) is 10.7. The molecule has 0 amide bonds. The molecule has 0 radical (unpaired) electrons. The van der Waals surface area contributed by atoms with Crippen molar-refractivity contribution >= 4 is 9.84 Å². The number of sulfone groups is 1. The second-order valence-corrected chi connectivity index (χ2v) is 7.41. The zero-order valence-electron chi connectivity index (χ0n) is 9.00.